The van der Waals surface area contributed by atoms with Crippen LogP contribution in [-0.2, 0) is 0 Å². The van der Waals surface area contributed by atoms with Gasteiger partial charge in [0.1, 0.15) is 6.33 Å². The van der Waals surface area contributed by atoms with E-state index in [1.165, 1.54) is 0 Å². The van der Waals surface area contributed by atoms with E-state index in [0.29, 0.717) is 0 Å². The highest BCUT2D eigenvalue weighted by atomic mass is 15.3. The number of hydrogen-bond acceptors (Lipinski definition) is 3. The topological polar surface area (TPSA) is 43.1 Å². The van der Waals surface area contributed by atoms with Gasteiger partial charge in [0.15, 0.2) is 5.65 Å². The van der Waals surface area contributed by atoms with Crippen molar-refractivity contribution in [3.8, 4) is 0 Å². The minimum absolute atomic E-state index is 0.720. The van der Waals surface area contributed by atoms with Crippen molar-refractivity contribution in [1.29, 1.82) is 0 Å². The van der Waals surface area contributed by atoms with E-state index in [4.69, 9.17) is 0 Å². The van der Waals surface area contributed by atoms with Crippen LogP contribution in [0.4, 0.5) is 0 Å². The SMILES string of the molecule is [c]1cnn2cnnc2c1. The number of rotatable bonds is 0. The van der Waals surface area contributed by atoms with Crippen LogP contribution in [0.1, 0.15) is 0 Å². The Labute approximate surface area is 51.1 Å². The molecule has 0 bridgehead atoms. The summed E-state index contributed by atoms with van der Waals surface area (Å²) in [5.74, 6) is 0. The van der Waals surface area contributed by atoms with Crippen molar-refractivity contribution in [1.82, 2.24) is 19.8 Å². The van der Waals surface area contributed by atoms with Crippen LogP contribution in [-0.4, -0.2) is 19.8 Å². The third-order valence-electron chi connectivity index (χ3n) is 1.03. The lowest BCUT2D eigenvalue weighted by molar-refractivity contribution is 0.925. The molecule has 0 amide bonds. The summed E-state index contributed by atoms with van der Waals surface area (Å²) >= 11 is 0. The Morgan fingerprint density at radius 2 is 2.56 bits per heavy atom. The molecular formula is C5H3N4. The molecule has 0 aliphatic heterocycles. The monoisotopic (exact) mass is 119 g/mol. The molecule has 0 unspecified atom stereocenters. The van der Waals surface area contributed by atoms with Crippen LogP contribution in [0.5, 0.6) is 0 Å². The average Bonchev–Trinajstić information content (AvgIpc) is 2.33. The summed E-state index contributed by atoms with van der Waals surface area (Å²) in [5.41, 5.74) is 0.720. The van der Waals surface area contributed by atoms with Crippen molar-refractivity contribution >= 4 is 5.65 Å². The maximum absolute atomic E-state index is 3.88. The van der Waals surface area contributed by atoms with Crippen LogP contribution in [0.25, 0.3) is 5.65 Å². The number of fused-ring (bicyclic) bond motifs is 1. The van der Waals surface area contributed by atoms with Crippen molar-refractivity contribution in [2.24, 2.45) is 0 Å². The predicted molar refractivity (Wildman–Crippen MR) is 29.6 cm³/mol. The average molecular weight is 119 g/mol. The molecule has 4 heteroatoms. The Bertz CT molecular complexity index is 283. The van der Waals surface area contributed by atoms with Gasteiger partial charge in [-0.05, 0) is 6.07 Å². The molecule has 0 aliphatic carbocycles. The second kappa shape index (κ2) is 1.51. The molecule has 2 rings (SSSR count). The minimum atomic E-state index is 0.720. The van der Waals surface area contributed by atoms with Gasteiger partial charge in [-0.15, -0.1) is 10.2 Å². The predicted octanol–water partition coefficient (Wildman–Crippen LogP) is -0.0755. The summed E-state index contributed by atoms with van der Waals surface area (Å²) in [4.78, 5) is 0. The van der Waals surface area contributed by atoms with E-state index < -0.39 is 0 Å². The molecule has 0 saturated heterocycles. The van der Waals surface area contributed by atoms with Gasteiger partial charge in [-0.1, -0.05) is 0 Å². The molecule has 0 spiro atoms. The number of hydrogen-bond donors (Lipinski definition) is 0. The molecule has 0 N–H and O–H groups in total. The van der Waals surface area contributed by atoms with E-state index in [1.807, 2.05) is 0 Å². The Balaban J connectivity index is 2.95. The van der Waals surface area contributed by atoms with Gasteiger partial charge >= 0.3 is 0 Å². The first-order valence-electron chi connectivity index (χ1n) is 2.49. The van der Waals surface area contributed by atoms with E-state index in [-0.39, 0.29) is 0 Å². The van der Waals surface area contributed by atoms with Gasteiger partial charge < -0.3 is 0 Å². The fourth-order valence-electron chi connectivity index (χ4n) is 0.630. The highest BCUT2D eigenvalue weighted by Gasteiger charge is 1.88. The molecule has 0 atom stereocenters. The second-order valence-corrected chi connectivity index (χ2v) is 1.59. The van der Waals surface area contributed by atoms with Gasteiger partial charge in [-0.3, -0.25) is 0 Å². The number of nitrogens with zero attached hydrogens (tertiary/aromatic N) is 4. The van der Waals surface area contributed by atoms with Gasteiger partial charge in [0.25, 0.3) is 0 Å². The van der Waals surface area contributed by atoms with Crippen LogP contribution < -0.4 is 0 Å². The molecule has 0 fully saturated rings. The molecule has 43 valence electrons. The lowest BCUT2D eigenvalue weighted by Crippen LogP contribution is -1.85. The summed E-state index contributed by atoms with van der Waals surface area (Å²) in [7, 11) is 0. The first kappa shape index (κ1) is 4.43. The standard InChI is InChI=1S/C5H3N4/c1-2-5-8-6-4-9(5)7-3-1/h2-4H. The number of aromatic nitrogens is 4. The summed E-state index contributed by atoms with van der Waals surface area (Å²) in [6, 6.07) is 4.51. The first-order valence-corrected chi connectivity index (χ1v) is 2.49. The molecule has 1 radical (unpaired) electrons. The fourth-order valence-corrected chi connectivity index (χ4v) is 0.630. The van der Waals surface area contributed by atoms with Crippen LogP contribution in [0.3, 0.4) is 0 Å². The first-order chi connectivity index (χ1) is 4.47. The maximum atomic E-state index is 3.88. The zero-order chi connectivity index (χ0) is 6.10. The molecule has 0 aromatic carbocycles. The second-order valence-electron chi connectivity index (χ2n) is 1.59. The Morgan fingerprint density at radius 3 is 3.44 bits per heavy atom. The minimum Gasteiger partial charge on any atom is -0.201 e. The van der Waals surface area contributed by atoms with E-state index in [9.17, 15) is 0 Å². The third kappa shape index (κ3) is 0.561. The lowest BCUT2D eigenvalue weighted by atomic mass is 10.6. The third-order valence-corrected chi connectivity index (χ3v) is 1.03. The van der Waals surface area contributed by atoms with Gasteiger partial charge in [0.05, 0.1) is 6.20 Å². The molecule has 4 nitrogen and oxygen atoms in total. The summed E-state index contributed by atoms with van der Waals surface area (Å²) < 4.78 is 1.58. The molecule has 2 aromatic rings. The zero-order valence-corrected chi connectivity index (χ0v) is 4.52. The van der Waals surface area contributed by atoms with Gasteiger partial charge in [-0.25, -0.2) is 4.52 Å². The Hall–Kier alpha value is -1.45. The normalized spacial score (nSPS) is 10.2. The summed E-state index contributed by atoms with van der Waals surface area (Å²) in [6.45, 7) is 0. The van der Waals surface area contributed by atoms with E-state index in [0.717, 1.165) is 5.65 Å². The molecule has 0 saturated carbocycles. The Morgan fingerprint density at radius 1 is 1.56 bits per heavy atom. The van der Waals surface area contributed by atoms with E-state index >= 15 is 0 Å². The van der Waals surface area contributed by atoms with Gasteiger partial charge in [-0.2, -0.15) is 5.10 Å². The van der Waals surface area contributed by atoms with Crippen LogP contribution in [0, 0.1) is 6.07 Å². The van der Waals surface area contributed by atoms with Gasteiger partial charge in [0, 0.05) is 6.07 Å². The van der Waals surface area contributed by atoms with E-state index in [1.54, 1.807) is 23.1 Å². The molecule has 2 aromatic heterocycles. The lowest BCUT2D eigenvalue weighted by Gasteiger charge is -1.82. The highest BCUT2D eigenvalue weighted by molar-refractivity contribution is 5.31. The summed E-state index contributed by atoms with van der Waals surface area (Å²) in [6.07, 6.45) is 3.11. The quantitative estimate of drug-likeness (QED) is 0.487. The largest absolute Gasteiger partial charge is 0.201 e. The van der Waals surface area contributed by atoms with Crippen LogP contribution >= 0.6 is 0 Å². The summed E-state index contributed by atoms with van der Waals surface area (Å²) in [5, 5.41) is 11.2. The fraction of sp³-hybridized carbons (Fsp3) is 0. The van der Waals surface area contributed by atoms with Crippen molar-refractivity contribution in [3.63, 3.8) is 0 Å². The molecule has 9 heavy (non-hydrogen) atoms. The highest BCUT2D eigenvalue weighted by Crippen LogP contribution is 1.89. The van der Waals surface area contributed by atoms with Crippen molar-refractivity contribution in [2.75, 3.05) is 0 Å². The molecule has 2 heterocycles. The van der Waals surface area contributed by atoms with Crippen molar-refractivity contribution in [3.05, 3.63) is 24.7 Å². The van der Waals surface area contributed by atoms with Crippen LogP contribution in [0.2, 0.25) is 0 Å². The Kier molecular flexibility index (Phi) is 0.745. The molecule has 0 aliphatic rings. The van der Waals surface area contributed by atoms with Crippen LogP contribution in [0.15, 0.2) is 18.6 Å². The zero-order valence-electron chi connectivity index (χ0n) is 4.52. The van der Waals surface area contributed by atoms with Crippen molar-refractivity contribution in [2.45, 2.75) is 0 Å². The van der Waals surface area contributed by atoms with Crippen molar-refractivity contribution < 1.29 is 0 Å². The smallest absolute Gasteiger partial charge is 0.178 e. The molecular weight excluding hydrogens is 116 g/mol. The maximum Gasteiger partial charge on any atom is 0.178 e. The van der Waals surface area contributed by atoms with E-state index in [2.05, 4.69) is 21.4 Å². The van der Waals surface area contributed by atoms with Gasteiger partial charge in [0.2, 0.25) is 0 Å².